The quantitative estimate of drug-likeness (QED) is 0.411. The maximum absolute atomic E-state index is 10.6. The fourth-order valence-corrected chi connectivity index (χ4v) is 1.88. The number of halogens is 1. The van der Waals surface area contributed by atoms with E-state index in [1.807, 2.05) is 0 Å². The van der Waals surface area contributed by atoms with Crippen molar-refractivity contribution in [3.8, 4) is 0 Å². The number of nitrogens with zero attached hydrogens (tertiary/aromatic N) is 1. The van der Waals surface area contributed by atoms with Gasteiger partial charge in [0.25, 0.3) is 0 Å². The zero-order chi connectivity index (χ0) is 9.84. The fraction of sp³-hybridized carbons (Fsp3) is 0.750. The minimum absolute atomic E-state index is 0.0438. The first-order chi connectivity index (χ1) is 6.15. The highest BCUT2D eigenvalue weighted by atomic mass is 35.5. The van der Waals surface area contributed by atoms with Gasteiger partial charge in [0.05, 0.1) is 5.92 Å². The molecular formula is C8H12ClNO3. The lowest BCUT2D eigenvalue weighted by molar-refractivity contribution is -0.142. The fourth-order valence-electron chi connectivity index (χ4n) is 1.66. The van der Waals surface area contributed by atoms with Crippen LogP contribution in [-0.4, -0.2) is 21.5 Å². The highest BCUT2D eigenvalue weighted by Gasteiger charge is 2.28. The third-order valence-corrected chi connectivity index (χ3v) is 2.89. The van der Waals surface area contributed by atoms with Crippen LogP contribution >= 0.6 is 11.6 Å². The Labute approximate surface area is 81.2 Å². The molecule has 0 aromatic heterocycles. The van der Waals surface area contributed by atoms with E-state index >= 15 is 0 Å². The molecule has 0 heterocycles. The highest BCUT2D eigenvalue weighted by Crippen LogP contribution is 2.30. The van der Waals surface area contributed by atoms with Gasteiger partial charge in [0, 0.05) is 5.92 Å². The molecule has 13 heavy (non-hydrogen) atoms. The van der Waals surface area contributed by atoms with E-state index in [0.29, 0.717) is 25.7 Å². The van der Waals surface area contributed by atoms with Crippen molar-refractivity contribution in [2.45, 2.75) is 25.7 Å². The summed E-state index contributed by atoms with van der Waals surface area (Å²) in [5.74, 6) is -0.947. The van der Waals surface area contributed by atoms with Crippen molar-refractivity contribution in [1.82, 2.24) is 0 Å². The summed E-state index contributed by atoms with van der Waals surface area (Å²) in [6, 6.07) is 0. The second-order valence-electron chi connectivity index (χ2n) is 3.31. The second-order valence-corrected chi connectivity index (χ2v) is 3.70. The van der Waals surface area contributed by atoms with Gasteiger partial charge in [0.15, 0.2) is 0 Å². The number of carbonyl (C=O) groups is 1. The van der Waals surface area contributed by atoms with Gasteiger partial charge in [-0.3, -0.25) is 4.79 Å². The van der Waals surface area contributed by atoms with Gasteiger partial charge in [0.1, 0.15) is 5.17 Å². The number of carboxylic acid groups (broad SMARTS) is 1. The molecule has 0 radical (unpaired) electrons. The summed E-state index contributed by atoms with van der Waals surface area (Å²) in [5.41, 5.74) is 0. The van der Waals surface area contributed by atoms with Crippen LogP contribution in [0.25, 0.3) is 0 Å². The molecule has 1 aliphatic rings. The van der Waals surface area contributed by atoms with E-state index in [0.717, 1.165) is 0 Å². The molecule has 0 amide bonds. The minimum Gasteiger partial charge on any atom is -0.481 e. The molecule has 1 fully saturated rings. The van der Waals surface area contributed by atoms with Crippen molar-refractivity contribution in [1.29, 1.82) is 0 Å². The Morgan fingerprint density at radius 2 is 1.69 bits per heavy atom. The molecule has 0 aromatic rings. The molecule has 0 spiro atoms. The zero-order valence-electron chi connectivity index (χ0n) is 7.11. The Kier molecular flexibility index (Phi) is 3.54. The lowest BCUT2D eigenvalue weighted by atomic mass is 9.82. The van der Waals surface area contributed by atoms with Crippen molar-refractivity contribution in [3.05, 3.63) is 0 Å². The van der Waals surface area contributed by atoms with Gasteiger partial charge in [-0.25, -0.2) is 0 Å². The molecule has 0 bridgehead atoms. The molecule has 0 aromatic carbocycles. The van der Waals surface area contributed by atoms with Gasteiger partial charge in [-0.05, 0) is 25.7 Å². The summed E-state index contributed by atoms with van der Waals surface area (Å²) in [7, 11) is 0. The molecular weight excluding hydrogens is 194 g/mol. The van der Waals surface area contributed by atoms with E-state index in [4.69, 9.17) is 21.9 Å². The summed E-state index contributed by atoms with van der Waals surface area (Å²) in [4.78, 5) is 10.6. The third-order valence-electron chi connectivity index (χ3n) is 2.51. The van der Waals surface area contributed by atoms with E-state index in [1.54, 1.807) is 0 Å². The van der Waals surface area contributed by atoms with Gasteiger partial charge in [-0.15, -0.1) is 0 Å². The van der Waals surface area contributed by atoms with Gasteiger partial charge in [-0.2, -0.15) is 0 Å². The first-order valence-corrected chi connectivity index (χ1v) is 4.63. The lowest BCUT2D eigenvalue weighted by Gasteiger charge is -2.24. The summed E-state index contributed by atoms with van der Waals surface area (Å²) in [6.07, 6.45) is 2.62. The first kappa shape index (κ1) is 10.3. The second kappa shape index (κ2) is 4.46. The lowest BCUT2D eigenvalue weighted by Crippen LogP contribution is -2.23. The zero-order valence-corrected chi connectivity index (χ0v) is 7.87. The van der Waals surface area contributed by atoms with Crippen molar-refractivity contribution in [2.75, 3.05) is 0 Å². The predicted molar refractivity (Wildman–Crippen MR) is 48.2 cm³/mol. The standard InChI is InChI=1S/C8H12ClNO3/c9-7(10-13)5-1-3-6(4-2-5)8(11)12/h5-6,13H,1-4H2,(H,11,12)/t5-,6-. The molecule has 1 aliphatic carbocycles. The Hall–Kier alpha value is -0.770. The van der Waals surface area contributed by atoms with Crippen LogP contribution in [0, 0.1) is 11.8 Å². The summed E-state index contributed by atoms with van der Waals surface area (Å²) >= 11 is 5.62. The number of hydrogen-bond donors (Lipinski definition) is 2. The Balaban J connectivity index is 2.43. The van der Waals surface area contributed by atoms with Gasteiger partial charge in [-0.1, -0.05) is 16.8 Å². The van der Waals surface area contributed by atoms with Crippen molar-refractivity contribution >= 4 is 22.7 Å². The Morgan fingerprint density at radius 1 is 1.23 bits per heavy atom. The number of hydrogen-bond acceptors (Lipinski definition) is 3. The van der Waals surface area contributed by atoms with Crippen LogP contribution < -0.4 is 0 Å². The average molecular weight is 206 g/mol. The summed E-state index contributed by atoms with van der Waals surface area (Å²) in [6.45, 7) is 0. The minimum atomic E-state index is -0.740. The van der Waals surface area contributed by atoms with Gasteiger partial charge in [0.2, 0.25) is 0 Å². The Morgan fingerprint density at radius 3 is 2.08 bits per heavy atom. The third kappa shape index (κ3) is 2.59. The number of aliphatic carboxylic acids is 1. The molecule has 0 atom stereocenters. The molecule has 0 aliphatic heterocycles. The van der Waals surface area contributed by atoms with Crippen LogP contribution in [0.15, 0.2) is 5.16 Å². The van der Waals surface area contributed by atoms with Crippen LogP contribution in [0.3, 0.4) is 0 Å². The molecule has 1 rings (SSSR count). The van der Waals surface area contributed by atoms with Crippen LogP contribution in [-0.2, 0) is 4.79 Å². The maximum Gasteiger partial charge on any atom is 0.306 e. The molecule has 74 valence electrons. The monoisotopic (exact) mass is 205 g/mol. The van der Waals surface area contributed by atoms with Gasteiger partial charge >= 0.3 is 5.97 Å². The molecule has 0 unspecified atom stereocenters. The highest BCUT2D eigenvalue weighted by molar-refractivity contribution is 6.65. The largest absolute Gasteiger partial charge is 0.481 e. The smallest absolute Gasteiger partial charge is 0.306 e. The Bertz CT molecular complexity index is 221. The van der Waals surface area contributed by atoms with Crippen LogP contribution in [0.1, 0.15) is 25.7 Å². The van der Waals surface area contributed by atoms with E-state index < -0.39 is 5.97 Å². The van der Waals surface area contributed by atoms with Crippen molar-refractivity contribution in [3.63, 3.8) is 0 Å². The molecule has 5 heteroatoms. The summed E-state index contributed by atoms with van der Waals surface area (Å²) in [5, 5.41) is 20.2. The SMILES string of the molecule is O=C(O)[C@H]1CC[C@H](C(Cl)=NO)CC1. The van der Waals surface area contributed by atoms with Crippen LogP contribution in [0.5, 0.6) is 0 Å². The van der Waals surface area contributed by atoms with Crippen molar-refractivity contribution in [2.24, 2.45) is 17.0 Å². The van der Waals surface area contributed by atoms with Crippen LogP contribution in [0.4, 0.5) is 0 Å². The number of carboxylic acids is 1. The van der Waals surface area contributed by atoms with E-state index in [1.165, 1.54) is 0 Å². The van der Waals surface area contributed by atoms with Crippen LogP contribution in [0.2, 0.25) is 0 Å². The average Bonchev–Trinajstić information content (AvgIpc) is 2.17. The molecule has 1 saturated carbocycles. The molecule has 2 N–H and O–H groups in total. The first-order valence-electron chi connectivity index (χ1n) is 4.25. The number of oxime groups is 1. The molecule has 4 nitrogen and oxygen atoms in total. The van der Waals surface area contributed by atoms with E-state index in [9.17, 15) is 4.79 Å². The van der Waals surface area contributed by atoms with Crippen molar-refractivity contribution < 1.29 is 15.1 Å². The summed E-state index contributed by atoms with van der Waals surface area (Å²) < 4.78 is 0. The van der Waals surface area contributed by atoms with Gasteiger partial charge < -0.3 is 10.3 Å². The molecule has 0 saturated heterocycles. The van der Waals surface area contributed by atoms with E-state index in [-0.39, 0.29) is 17.0 Å². The topological polar surface area (TPSA) is 69.9 Å². The normalized spacial score (nSPS) is 30.1. The maximum atomic E-state index is 10.6. The predicted octanol–water partition coefficient (Wildman–Crippen LogP) is 1.90. The van der Waals surface area contributed by atoms with E-state index in [2.05, 4.69) is 5.16 Å². The number of rotatable bonds is 2.